The van der Waals surface area contributed by atoms with Crippen LogP contribution in [0.1, 0.15) is 19.3 Å². The Bertz CT molecular complexity index is 520. The summed E-state index contributed by atoms with van der Waals surface area (Å²) in [6, 6.07) is 4.90. The van der Waals surface area contributed by atoms with E-state index >= 15 is 0 Å². The van der Waals surface area contributed by atoms with Crippen molar-refractivity contribution < 1.29 is 0 Å². The van der Waals surface area contributed by atoms with E-state index in [-0.39, 0.29) is 0 Å². The number of thiophene rings is 1. The van der Waals surface area contributed by atoms with Crippen LogP contribution in [0.25, 0.3) is 10.1 Å². The molecule has 0 aromatic carbocycles. The minimum absolute atomic E-state index is 0.585. The number of nitrogens with one attached hydrogen (secondary N) is 1. The normalized spacial score (nSPS) is 20.5. The molecule has 0 radical (unpaired) electrons. The van der Waals surface area contributed by atoms with Crippen LogP contribution in [-0.2, 0) is 0 Å². The van der Waals surface area contributed by atoms with E-state index in [1.807, 2.05) is 13.2 Å². The molecule has 3 heterocycles. The number of hydrogen-bond acceptors (Lipinski definition) is 4. The quantitative estimate of drug-likeness (QED) is 0.921. The maximum Gasteiger partial charge on any atom is 0.137 e. The molecule has 1 N–H and O–H groups in total. The Morgan fingerprint density at radius 1 is 1.44 bits per heavy atom. The molecule has 0 aliphatic carbocycles. The van der Waals surface area contributed by atoms with Crippen molar-refractivity contribution in [2.45, 2.75) is 25.3 Å². The van der Waals surface area contributed by atoms with Gasteiger partial charge in [0.2, 0.25) is 0 Å². The zero-order valence-corrected chi connectivity index (χ0v) is 11.5. The Balaban J connectivity index is 1.98. The Labute approximate surface area is 112 Å². The average Bonchev–Trinajstić information content (AvgIpc) is 2.88. The smallest absolute Gasteiger partial charge is 0.137 e. The van der Waals surface area contributed by atoms with Gasteiger partial charge >= 0.3 is 0 Å². The number of aromatic nitrogens is 1. The fourth-order valence-electron chi connectivity index (χ4n) is 2.84. The van der Waals surface area contributed by atoms with Crippen molar-refractivity contribution in [1.82, 2.24) is 10.3 Å². The van der Waals surface area contributed by atoms with Crippen LogP contribution in [0.15, 0.2) is 23.7 Å². The molecule has 1 aliphatic rings. The summed E-state index contributed by atoms with van der Waals surface area (Å²) in [5, 5.41) is 6.78. The molecule has 0 spiro atoms. The molecule has 0 amide bonds. The van der Waals surface area contributed by atoms with Crippen LogP contribution in [0.2, 0.25) is 0 Å². The van der Waals surface area contributed by atoms with Gasteiger partial charge in [-0.05, 0) is 43.8 Å². The lowest BCUT2D eigenvalue weighted by Gasteiger charge is -2.37. The number of rotatable bonds is 3. The van der Waals surface area contributed by atoms with Crippen LogP contribution in [-0.4, -0.2) is 31.2 Å². The first-order valence-corrected chi connectivity index (χ1v) is 7.51. The molecule has 2 aromatic rings. The molecule has 18 heavy (non-hydrogen) atoms. The minimum Gasteiger partial charge on any atom is -0.352 e. The van der Waals surface area contributed by atoms with E-state index in [2.05, 4.69) is 32.7 Å². The average molecular weight is 261 g/mol. The van der Waals surface area contributed by atoms with Crippen LogP contribution >= 0.6 is 11.3 Å². The van der Waals surface area contributed by atoms with E-state index in [1.165, 1.54) is 35.2 Å². The van der Waals surface area contributed by atoms with E-state index in [9.17, 15) is 0 Å². The Morgan fingerprint density at radius 3 is 3.28 bits per heavy atom. The zero-order valence-electron chi connectivity index (χ0n) is 10.7. The number of nitrogens with zero attached hydrogens (tertiary/aromatic N) is 2. The van der Waals surface area contributed by atoms with E-state index in [0.29, 0.717) is 6.04 Å². The molecule has 1 aliphatic heterocycles. The maximum absolute atomic E-state index is 4.64. The van der Waals surface area contributed by atoms with Gasteiger partial charge < -0.3 is 10.2 Å². The lowest BCUT2D eigenvalue weighted by molar-refractivity contribution is 0.444. The summed E-state index contributed by atoms with van der Waals surface area (Å²) < 4.78 is 1.34. The first kappa shape index (κ1) is 11.9. The van der Waals surface area contributed by atoms with E-state index < -0.39 is 0 Å². The van der Waals surface area contributed by atoms with Crippen molar-refractivity contribution >= 4 is 27.2 Å². The number of pyridine rings is 1. The molecule has 1 atom stereocenters. The number of anilines is 1. The predicted molar refractivity (Wildman–Crippen MR) is 78.5 cm³/mol. The van der Waals surface area contributed by atoms with E-state index in [1.54, 1.807) is 11.3 Å². The van der Waals surface area contributed by atoms with Crippen molar-refractivity contribution in [3.8, 4) is 0 Å². The molecule has 2 aromatic heterocycles. The van der Waals surface area contributed by atoms with Crippen LogP contribution in [0, 0.1) is 0 Å². The fraction of sp³-hybridized carbons (Fsp3) is 0.500. The highest BCUT2D eigenvalue weighted by molar-refractivity contribution is 7.17. The maximum atomic E-state index is 4.64. The van der Waals surface area contributed by atoms with Crippen LogP contribution in [0.3, 0.4) is 0 Å². The lowest BCUT2D eigenvalue weighted by atomic mass is 10.0. The third-order valence-corrected chi connectivity index (χ3v) is 4.58. The van der Waals surface area contributed by atoms with Crippen molar-refractivity contribution in [2.75, 3.05) is 25.0 Å². The lowest BCUT2D eigenvalue weighted by Crippen LogP contribution is -2.45. The summed E-state index contributed by atoms with van der Waals surface area (Å²) in [5.41, 5.74) is 0. The molecular weight excluding hydrogens is 242 g/mol. The minimum atomic E-state index is 0.585. The van der Waals surface area contributed by atoms with Gasteiger partial charge in [0.25, 0.3) is 0 Å². The molecule has 3 nitrogen and oxygen atoms in total. The first-order valence-electron chi connectivity index (χ1n) is 6.63. The summed E-state index contributed by atoms with van der Waals surface area (Å²) in [5.74, 6) is 1.17. The highest BCUT2D eigenvalue weighted by Crippen LogP contribution is 2.31. The van der Waals surface area contributed by atoms with Gasteiger partial charge in [0.1, 0.15) is 5.82 Å². The first-order chi connectivity index (χ1) is 8.90. The number of hydrogen-bond donors (Lipinski definition) is 1. The standard InChI is InChI=1S/C14H19N3S/c1-15-10-11-4-2-3-8-17(11)14-12-6-9-18-13(12)5-7-16-14/h5-7,9,11,15H,2-4,8,10H2,1H3. The zero-order chi connectivity index (χ0) is 12.4. The second kappa shape index (κ2) is 5.24. The van der Waals surface area contributed by atoms with Gasteiger partial charge in [-0.25, -0.2) is 4.98 Å². The van der Waals surface area contributed by atoms with Crippen molar-refractivity contribution in [2.24, 2.45) is 0 Å². The second-order valence-electron chi connectivity index (χ2n) is 4.87. The van der Waals surface area contributed by atoms with Gasteiger partial charge in [-0.3, -0.25) is 0 Å². The molecule has 1 saturated heterocycles. The molecule has 1 fully saturated rings. The summed E-state index contributed by atoms with van der Waals surface area (Å²) in [6.07, 6.45) is 5.83. The third kappa shape index (κ3) is 2.10. The molecule has 3 rings (SSSR count). The summed E-state index contributed by atoms with van der Waals surface area (Å²) >= 11 is 1.80. The molecule has 0 bridgehead atoms. The van der Waals surface area contributed by atoms with Gasteiger partial charge in [-0.1, -0.05) is 0 Å². The second-order valence-corrected chi connectivity index (χ2v) is 5.82. The summed E-state index contributed by atoms with van der Waals surface area (Å²) in [6.45, 7) is 2.18. The number of piperidine rings is 1. The topological polar surface area (TPSA) is 28.2 Å². The molecule has 0 saturated carbocycles. The number of likely N-dealkylation sites (N-methyl/N-ethyl adjacent to an activating group) is 1. The SMILES string of the molecule is CNCC1CCCCN1c1nccc2sccc12. The molecule has 4 heteroatoms. The molecule has 1 unspecified atom stereocenters. The van der Waals surface area contributed by atoms with Gasteiger partial charge in [0.15, 0.2) is 0 Å². The third-order valence-electron chi connectivity index (χ3n) is 3.70. The predicted octanol–water partition coefficient (Wildman–Crippen LogP) is 2.87. The van der Waals surface area contributed by atoms with Gasteiger partial charge in [0.05, 0.1) is 0 Å². The Morgan fingerprint density at radius 2 is 2.39 bits per heavy atom. The Kier molecular flexibility index (Phi) is 3.48. The van der Waals surface area contributed by atoms with Gasteiger partial charge in [0, 0.05) is 35.4 Å². The van der Waals surface area contributed by atoms with Crippen molar-refractivity contribution in [3.05, 3.63) is 23.7 Å². The van der Waals surface area contributed by atoms with Gasteiger partial charge in [-0.15, -0.1) is 11.3 Å². The number of fused-ring (bicyclic) bond motifs is 1. The monoisotopic (exact) mass is 261 g/mol. The summed E-state index contributed by atoms with van der Waals surface area (Å²) in [7, 11) is 2.03. The van der Waals surface area contributed by atoms with E-state index in [4.69, 9.17) is 0 Å². The molecular formula is C14H19N3S. The Hall–Kier alpha value is -1.13. The van der Waals surface area contributed by atoms with Gasteiger partial charge in [-0.2, -0.15) is 0 Å². The van der Waals surface area contributed by atoms with E-state index in [0.717, 1.165) is 13.1 Å². The highest BCUT2D eigenvalue weighted by Gasteiger charge is 2.24. The highest BCUT2D eigenvalue weighted by atomic mass is 32.1. The molecule has 96 valence electrons. The van der Waals surface area contributed by atoms with Crippen LogP contribution in [0.4, 0.5) is 5.82 Å². The summed E-state index contributed by atoms with van der Waals surface area (Å²) in [4.78, 5) is 7.14. The fourth-order valence-corrected chi connectivity index (χ4v) is 3.61. The van der Waals surface area contributed by atoms with Crippen LogP contribution < -0.4 is 10.2 Å². The van der Waals surface area contributed by atoms with Crippen LogP contribution in [0.5, 0.6) is 0 Å². The van der Waals surface area contributed by atoms with Crippen molar-refractivity contribution in [3.63, 3.8) is 0 Å². The largest absolute Gasteiger partial charge is 0.352 e. The van der Waals surface area contributed by atoms with Crippen molar-refractivity contribution in [1.29, 1.82) is 0 Å².